The monoisotopic (exact) mass is 264 g/mol. The highest BCUT2D eigenvalue weighted by Crippen LogP contribution is 2.20. The van der Waals surface area contributed by atoms with Crippen molar-refractivity contribution in [3.63, 3.8) is 0 Å². The number of allylic oxidation sites excluding steroid dienone is 3. The van der Waals surface area contributed by atoms with Gasteiger partial charge in [0.1, 0.15) is 0 Å². The molecule has 2 atom stereocenters. The first kappa shape index (κ1) is 18.5. The minimum absolute atomic E-state index is 0.818. The smallest absolute Gasteiger partial charge is 0.0322 e. The highest BCUT2D eigenvalue weighted by Gasteiger charge is 2.05. The van der Waals surface area contributed by atoms with E-state index in [1.54, 1.807) is 0 Å². The molecule has 0 heteroatoms. The van der Waals surface area contributed by atoms with Crippen LogP contribution in [0.25, 0.3) is 0 Å². The third-order valence-electron chi connectivity index (χ3n) is 3.81. The lowest BCUT2D eigenvalue weighted by Crippen LogP contribution is -1.99. The van der Waals surface area contributed by atoms with Gasteiger partial charge in [-0.3, -0.25) is 0 Å². The average molecular weight is 264 g/mol. The van der Waals surface area contributed by atoms with Crippen LogP contribution in [0.3, 0.4) is 0 Å². The lowest BCUT2D eigenvalue weighted by Gasteiger charge is -2.14. The van der Waals surface area contributed by atoms with Crippen molar-refractivity contribution < 1.29 is 0 Å². The van der Waals surface area contributed by atoms with Gasteiger partial charge in [-0.2, -0.15) is 0 Å². The van der Waals surface area contributed by atoms with Crippen LogP contribution in [0.5, 0.6) is 0 Å². The summed E-state index contributed by atoms with van der Waals surface area (Å²) in [5.74, 6) is 2.60. The Morgan fingerprint density at radius 3 is 1.95 bits per heavy atom. The predicted molar refractivity (Wildman–Crippen MR) is 89.4 cm³/mol. The molecule has 0 heterocycles. The predicted octanol–water partition coefficient (Wildman–Crippen LogP) is 6.78. The summed E-state index contributed by atoms with van der Waals surface area (Å²) in [6.45, 7) is 15.4. The Balaban J connectivity index is 3.52. The van der Waals surface area contributed by atoms with Crippen LogP contribution in [0.15, 0.2) is 24.3 Å². The van der Waals surface area contributed by atoms with E-state index in [-0.39, 0.29) is 0 Å². The first-order chi connectivity index (χ1) is 8.91. The second kappa shape index (κ2) is 11.3. The van der Waals surface area contributed by atoms with Crippen LogP contribution in [0.2, 0.25) is 0 Å². The molecule has 0 rings (SSSR count). The van der Waals surface area contributed by atoms with E-state index in [1.165, 1.54) is 44.9 Å². The Hall–Kier alpha value is -0.520. The molecule has 0 saturated carbocycles. The van der Waals surface area contributed by atoms with Crippen molar-refractivity contribution in [2.24, 2.45) is 17.8 Å². The summed E-state index contributed by atoms with van der Waals surface area (Å²) in [5.41, 5.74) is 1.16. The summed E-state index contributed by atoms with van der Waals surface area (Å²) >= 11 is 0. The van der Waals surface area contributed by atoms with E-state index in [1.807, 2.05) is 0 Å². The molecule has 0 aromatic heterocycles. The molecule has 0 spiro atoms. The topological polar surface area (TPSA) is 0 Å². The van der Waals surface area contributed by atoms with Gasteiger partial charge in [-0.15, -0.1) is 0 Å². The van der Waals surface area contributed by atoms with Gasteiger partial charge in [0.05, 0.1) is 0 Å². The SMILES string of the molecule is C=C(C)/C=C/CC(C)CCCC(C)CCCC(C)C. The van der Waals surface area contributed by atoms with E-state index in [0.29, 0.717) is 0 Å². The second-order valence-corrected chi connectivity index (χ2v) is 6.95. The molecule has 0 aromatic rings. The quantitative estimate of drug-likeness (QED) is 0.361. The Morgan fingerprint density at radius 2 is 1.42 bits per heavy atom. The van der Waals surface area contributed by atoms with E-state index < -0.39 is 0 Å². The van der Waals surface area contributed by atoms with Crippen molar-refractivity contribution >= 4 is 0 Å². The third kappa shape index (κ3) is 13.7. The molecule has 0 aliphatic heterocycles. The van der Waals surface area contributed by atoms with E-state index in [4.69, 9.17) is 0 Å². The maximum absolute atomic E-state index is 3.89. The minimum atomic E-state index is 0.818. The van der Waals surface area contributed by atoms with Crippen molar-refractivity contribution in [1.82, 2.24) is 0 Å². The molecule has 0 N–H and O–H groups in total. The normalized spacial score (nSPS) is 15.1. The Labute approximate surface area is 122 Å². The van der Waals surface area contributed by atoms with Gasteiger partial charge in [0, 0.05) is 0 Å². The molecular formula is C19H36. The molecule has 0 nitrogen and oxygen atoms in total. The molecule has 112 valence electrons. The summed E-state index contributed by atoms with van der Waals surface area (Å²) < 4.78 is 0. The van der Waals surface area contributed by atoms with Gasteiger partial charge in [0.25, 0.3) is 0 Å². The van der Waals surface area contributed by atoms with Crippen LogP contribution in [-0.2, 0) is 0 Å². The Morgan fingerprint density at radius 1 is 0.895 bits per heavy atom. The molecule has 2 unspecified atom stereocenters. The fourth-order valence-electron chi connectivity index (χ4n) is 2.45. The molecular weight excluding hydrogens is 228 g/mol. The highest BCUT2D eigenvalue weighted by atomic mass is 14.1. The molecule has 0 fully saturated rings. The van der Waals surface area contributed by atoms with E-state index in [2.05, 4.69) is 53.3 Å². The van der Waals surface area contributed by atoms with Gasteiger partial charge < -0.3 is 0 Å². The standard InChI is InChI=1S/C19H36/c1-16(2)10-7-12-18(5)14-9-15-19(6)13-8-11-17(3)4/h7,10,17-19H,1,8-9,11-15H2,2-6H3/b10-7+. The van der Waals surface area contributed by atoms with Gasteiger partial charge in [0.15, 0.2) is 0 Å². The second-order valence-electron chi connectivity index (χ2n) is 6.95. The largest absolute Gasteiger partial charge is 0.0961 e. The summed E-state index contributed by atoms with van der Waals surface area (Å²) in [4.78, 5) is 0. The highest BCUT2D eigenvalue weighted by molar-refractivity contribution is 5.10. The van der Waals surface area contributed by atoms with Gasteiger partial charge in [-0.25, -0.2) is 0 Å². The van der Waals surface area contributed by atoms with Crippen LogP contribution >= 0.6 is 0 Å². The molecule has 0 aliphatic carbocycles. The zero-order valence-corrected chi connectivity index (χ0v) is 14.0. The maximum atomic E-state index is 3.89. The fourth-order valence-corrected chi connectivity index (χ4v) is 2.45. The Kier molecular flexibility index (Phi) is 11.0. The molecule has 0 bridgehead atoms. The Bertz CT molecular complexity index is 247. The van der Waals surface area contributed by atoms with Gasteiger partial charge in [0.2, 0.25) is 0 Å². The van der Waals surface area contributed by atoms with Crippen LogP contribution in [-0.4, -0.2) is 0 Å². The molecule has 0 radical (unpaired) electrons. The molecule has 0 aliphatic rings. The van der Waals surface area contributed by atoms with Gasteiger partial charge in [-0.05, 0) is 31.1 Å². The summed E-state index contributed by atoms with van der Waals surface area (Å²) in [7, 11) is 0. The zero-order chi connectivity index (χ0) is 14.7. The number of hydrogen-bond acceptors (Lipinski definition) is 0. The number of hydrogen-bond donors (Lipinski definition) is 0. The van der Waals surface area contributed by atoms with Crippen molar-refractivity contribution in [1.29, 1.82) is 0 Å². The van der Waals surface area contributed by atoms with E-state index in [9.17, 15) is 0 Å². The first-order valence-electron chi connectivity index (χ1n) is 8.23. The summed E-state index contributed by atoms with van der Waals surface area (Å²) in [5, 5.41) is 0. The van der Waals surface area contributed by atoms with E-state index >= 15 is 0 Å². The van der Waals surface area contributed by atoms with Crippen molar-refractivity contribution in [2.45, 2.75) is 79.6 Å². The lowest BCUT2D eigenvalue weighted by molar-refractivity contribution is 0.401. The van der Waals surface area contributed by atoms with Crippen LogP contribution in [0.1, 0.15) is 79.6 Å². The maximum Gasteiger partial charge on any atom is -0.0322 e. The van der Waals surface area contributed by atoms with Crippen LogP contribution < -0.4 is 0 Å². The van der Waals surface area contributed by atoms with Crippen molar-refractivity contribution in [2.75, 3.05) is 0 Å². The molecule has 19 heavy (non-hydrogen) atoms. The average Bonchev–Trinajstić information content (AvgIpc) is 2.27. The number of rotatable bonds is 11. The lowest BCUT2D eigenvalue weighted by atomic mass is 9.92. The molecule has 0 amide bonds. The van der Waals surface area contributed by atoms with Crippen molar-refractivity contribution in [3.05, 3.63) is 24.3 Å². The zero-order valence-electron chi connectivity index (χ0n) is 14.0. The van der Waals surface area contributed by atoms with Crippen LogP contribution in [0, 0.1) is 17.8 Å². The third-order valence-corrected chi connectivity index (χ3v) is 3.81. The molecule has 0 aromatic carbocycles. The van der Waals surface area contributed by atoms with Crippen LogP contribution in [0.4, 0.5) is 0 Å². The van der Waals surface area contributed by atoms with E-state index in [0.717, 1.165) is 23.3 Å². The first-order valence-corrected chi connectivity index (χ1v) is 8.23. The fraction of sp³-hybridized carbons (Fsp3) is 0.789. The summed E-state index contributed by atoms with van der Waals surface area (Å²) in [6, 6.07) is 0. The minimum Gasteiger partial charge on any atom is -0.0961 e. The van der Waals surface area contributed by atoms with Gasteiger partial charge >= 0.3 is 0 Å². The van der Waals surface area contributed by atoms with Gasteiger partial charge in [-0.1, -0.05) is 90.5 Å². The molecule has 0 saturated heterocycles. The van der Waals surface area contributed by atoms with Crippen molar-refractivity contribution in [3.8, 4) is 0 Å². The summed E-state index contributed by atoms with van der Waals surface area (Å²) in [6.07, 6.45) is 14.0.